The zero-order valence-corrected chi connectivity index (χ0v) is 20.5. The van der Waals surface area contributed by atoms with Gasteiger partial charge in [-0.15, -0.1) is 0 Å². The number of halogens is 1. The summed E-state index contributed by atoms with van der Waals surface area (Å²) < 4.78 is 27.5. The zero-order chi connectivity index (χ0) is 23.3. The molecule has 6 nitrogen and oxygen atoms in total. The monoisotopic (exact) mass is 489 g/mol. The van der Waals surface area contributed by atoms with E-state index < -0.39 is 10.0 Å². The maximum absolute atomic E-state index is 13.0. The smallest absolute Gasteiger partial charge is 0.243 e. The second-order valence-corrected chi connectivity index (χ2v) is 11.3. The Kier molecular flexibility index (Phi) is 8.07. The van der Waals surface area contributed by atoms with Crippen molar-refractivity contribution in [3.63, 3.8) is 0 Å². The number of amides is 1. The summed E-state index contributed by atoms with van der Waals surface area (Å²) in [5.41, 5.74) is 1.69. The van der Waals surface area contributed by atoms with Crippen LogP contribution in [-0.4, -0.2) is 49.7 Å². The molecule has 0 aromatic heterocycles. The highest BCUT2D eigenvalue weighted by Gasteiger charge is 2.27. The van der Waals surface area contributed by atoms with Crippen LogP contribution in [0.5, 0.6) is 0 Å². The molecule has 2 heterocycles. The number of hydrogen-bond acceptors (Lipinski definition) is 4. The van der Waals surface area contributed by atoms with Crippen LogP contribution in [-0.2, 0) is 21.4 Å². The van der Waals surface area contributed by atoms with E-state index in [0.717, 1.165) is 62.2 Å². The molecule has 1 atom stereocenters. The SMILES string of the molecule is O=C(Nc1ccc(S(=O)(=O)N2CCCCCC2)cc1)C1CCCN(Cc2ccccc2Cl)C1. The van der Waals surface area contributed by atoms with Gasteiger partial charge in [0.25, 0.3) is 0 Å². The minimum absolute atomic E-state index is 0.0259. The van der Waals surface area contributed by atoms with E-state index in [1.165, 1.54) is 0 Å². The molecule has 1 unspecified atom stereocenters. The van der Waals surface area contributed by atoms with Crippen molar-refractivity contribution in [2.75, 3.05) is 31.5 Å². The average molecular weight is 490 g/mol. The number of hydrogen-bond donors (Lipinski definition) is 1. The molecule has 2 aliphatic heterocycles. The summed E-state index contributed by atoms with van der Waals surface area (Å²) in [4.78, 5) is 15.5. The Labute approximate surface area is 202 Å². The second kappa shape index (κ2) is 11.0. The first-order valence-electron chi connectivity index (χ1n) is 11.8. The highest BCUT2D eigenvalue weighted by Crippen LogP contribution is 2.25. The van der Waals surface area contributed by atoms with Gasteiger partial charge < -0.3 is 5.32 Å². The fraction of sp³-hybridized carbons (Fsp3) is 0.480. The molecule has 0 radical (unpaired) electrons. The molecule has 2 aromatic rings. The Balaban J connectivity index is 1.35. The summed E-state index contributed by atoms with van der Waals surface area (Å²) in [7, 11) is -3.49. The average Bonchev–Trinajstić information content (AvgIpc) is 3.11. The summed E-state index contributed by atoms with van der Waals surface area (Å²) >= 11 is 6.30. The van der Waals surface area contributed by atoms with E-state index in [0.29, 0.717) is 25.3 Å². The van der Waals surface area contributed by atoms with Crippen LogP contribution in [0, 0.1) is 5.92 Å². The van der Waals surface area contributed by atoms with Gasteiger partial charge in [0.05, 0.1) is 10.8 Å². The molecular weight excluding hydrogens is 458 g/mol. The molecule has 2 aliphatic rings. The maximum atomic E-state index is 13.0. The lowest BCUT2D eigenvalue weighted by atomic mass is 9.96. The Morgan fingerprint density at radius 3 is 2.33 bits per heavy atom. The van der Waals surface area contributed by atoms with Crippen molar-refractivity contribution in [3.05, 3.63) is 59.1 Å². The number of benzene rings is 2. The Hall–Kier alpha value is -1.93. The maximum Gasteiger partial charge on any atom is 0.243 e. The molecule has 2 fully saturated rings. The lowest BCUT2D eigenvalue weighted by molar-refractivity contribution is -0.121. The van der Waals surface area contributed by atoms with Crippen molar-refractivity contribution in [2.45, 2.75) is 50.0 Å². The molecule has 0 spiro atoms. The van der Waals surface area contributed by atoms with Gasteiger partial charge in [0, 0.05) is 36.9 Å². The third-order valence-corrected chi connectivity index (χ3v) is 8.83. The van der Waals surface area contributed by atoms with E-state index >= 15 is 0 Å². The molecule has 1 N–H and O–H groups in total. The van der Waals surface area contributed by atoms with E-state index in [9.17, 15) is 13.2 Å². The summed E-state index contributed by atoms with van der Waals surface area (Å²) in [6.07, 6.45) is 5.76. The van der Waals surface area contributed by atoms with Gasteiger partial charge in [0.15, 0.2) is 0 Å². The number of nitrogens with one attached hydrogen (secondary N) is 1. The summed E-state index contributed by atoms with van der Waals surface area (Å²) in [5.74, 6) is -0.135. The molecular formula is C25H32ClN3O3S. The fourth-order valence-corrected chi connectivity index (χ4v) is 6.38. The number of nitrogens with zero attached hydrogens (tertiary/aromatic N) is 2. The van der Waals surface area contributed by atoms with Gasteiger partial charge >= 0.3 is 0 Å². The predicted octanol–water partition coefficient (Wildman–Crippen LogP) is 4.76. The fourth-order valence-electron chi connectivity index (χ4n) is 4.67. The third-order valence-electron chi connectivity index (χ3n) is 6.55. The van der Waals surface area contributed by atoms with E-state index in [1.54, 1.807) is 28.6 Å². The lowest BCUT2D eigenvalue weighted by Crippen LogP contribution is -2.40. The van der Waals surface area contributed by atoms with Gasteiger partial charge in [0.2, 0.25) is 15.9 Å². The molecule has 0 saturated carbocycles. The molecule has 1 amide bonds. The van der Waals surface area contributed by atoms with Crippen molar-refractivity contribution in [1.82, 2.24) is 9.21 Å². The van der Waals surface area contributed by atoms with Gasteiger partial charge in [0.1, 0.15) is 0 Å². The molecule has 2 aromatic carbocycles. The van der Waals surface area contributed by atoms with E-state index in [-0.39, 0.29) is 16.7 Å². The first-order valence-corrected chi connectivity index (χ1v) is 13.6. The van der Waals surface area contributed by atoms with Crippen LogP contribution in [0.3, 0.4) is 0 Å². The molecule has 2 saturated heterocycles. The van der Waals surface area contributed by atoms with Crippen LogP contribution in [0.25, 0.3) is 0 Å². The lowest BCUT2D eigenvalue weighted by Gasteiger charge is -2.32. The van der Waals surface area contributed by atoms with Crippen LogP contribution in [0.15, 0.2) is 53.4 Å². The van der Waals surface area contributed by atoms with Crippen molar-refractivity contribution in [1.29, 1.82) is 0 Å². The van der Waals surface area contributed by atoms with Crippen molar-refractivity contribution in [2.24, 2.45) is 5.92 Å². The van der Waals surface area contributed by atoms with Gasteiger partial charge in [-0.05, 0) is 68.1 Å². The van der Waals surface area contributed by atoms with Crippen LogP contribution in [0.2, 0.25) is 5.02 Å². The second-order valence-electron chi connectivity index (χ2n) is 9.00. The van der Waals surface area contributed by atoms with Crippen LogP contribution in [0.4, 0.5) is 5.69 Å². The molecule has 0 bridgehead atoms. The number of likely N-dealkylation sites (tertiary alicyclic amines) is 1. The molecule has 8 heteroatoms. The summed E-state index contributed by atoms with van der Waals surface area (Å²) in [5, 5.41) is 3.72. The quantitative estimate of drug-likeness (QED) is 0.635. The van der Waals surface area contributed by atoms with Crippen molar-refractivity contribution < 1.29 is 13.2 Å². The normalized spacial score (nSPS) is 20.8. The predicted molar refractivity (Wildman–Crippen MR) is 132 cm³/mol. The number of sulfonamides is 1. The number of carbonyl (C=O) groups excluding carboxylic acids is 1. The van der Waals surface area contributed by atoms with Crippen LogP contribution >= 0.6 is 11.6 Å². The number of anilines is 1. The standard InChI is InChI=1S/C25H32ClN3O3S/c26-24-10-4-3-8-20(24)18-28-15-7-9-21(19-28)25(30)27-22-11-13-23(14-12-22)33(31,32)29-16-5-1-2-6-17-29/h3-4,8,10-14,21H,1-2,5-7,9,15-19H2,(H,27,30). The molecule has 0 aliphatic carbocycles. The minimum Gasteiger partial charge on any atom is -0.326 e. The summed E-state index contributed by atoms with van der Waals surface area (Å²) in [6.45, 7) is 3.50. The van der Waals surface area contributed by atoms with Gasteiger partial charge in [-0.3, -0.25) is 9.69 Å². The third kappa shape index (κ3) is 6.15. The molecule has 4 rings (SSSR count). The Morgan fingerprint density at radius 2 is 1.64 bits per heavy atom. The summed E-state index contributed by atoms with van der Waals surface area (Å²) in [6, 6.07) is 14.4. The van der Waals surface area contributed by atoms with Gasteiger partial charge in [-0.2, -0.15) is 4.31 Å². The van der Waals surface area contributed by atoms with Gasteiger partial charge in [-0.25, -0.2) is 8.42 Å². The molecule has 178 valence electrons. The Bertz CT molecular complexity index is 1050. The Morgan fingerprint density at radius 1 is 0.939 bits per heavy atom. The first-order chi connectivity index (χ1) is 15.9. The number of piperidine rings is 1. The first kappa shape index (κ1) is 24.2. The van der Waals surface area contributed by atoms with Crippen LogP contribution < -0.4 is 5.32 Å². The highest BCUT2D eigenvalue weighted by atomic mass is 35.5. The van der Waals surface area contributed by atoms with Crippen LogP contribution in [0.1, 0.15) is 44.1 Å². The van der Waals surface area contributed by atoms with Crippen molar-refractivity contribution in [3.8, 4) is 0 Å². The van der Waals surface area contributed by atoms with Gasteiger partial charge in [-0.1, -0.05) is 42.6 Å². The molecule has 33 heavy (non-hydrogen) atoms. The topological polar surface area (TPSA) is 69.7 Å². The number of rotatable bonds is 6. The highest BCUT2D eigenvalue weighted by molar-refractivity contribution is 7.89. The van der Waals surface area contributed by atoms with Crippen molar-refractivity contribution >= 4 is 33.2 Å². The largest absolute Gasteiger partial charge is 0.326 e. The minimum atomic E-state index is -3.49. The van der Waals surface area contributed by atoms with E-state index in [4.69, 9.17) is 11.6 Å². The zero-order valence-electron chi connectivity index (χ0n) is 18.9. The van der Waals surface area contributed by atoms with E-state index in [1.807, 2.05) is 24.3 Å². The number of carbonyl (C=O) groups is 1. The van der Waals surface area contributed by atoms with E-state index in [2.05, 4.69) is 10.2 Å².